The molecule has 0 aromatic heterocycles. The molecule has 0 unspecified atom stereocenters. The summed E-state index contributed by atoms with van der Waals surface area (Å²) in [5.74, 6) is 0. The standard InChI is InChI=1S/C14H24OSi/c1-11(2)15-16-10-12-8-6-7-9-13(12)14(3,4)5/h6-9,11H,10,16H2,1-5H3. The molecule has 1 aromatic carbocycles. The third-order valence-corrected chi connectivity index (χ3v) is 4.29. The lowest BCUT2D eigenvalue weighted by molar-refractivity contribution is 0.255. The van der Waals surface area contributed by atoms with Crippen molar-refractivity contribution >= 4 is 9.76 Å². The van der Waals surface area contributed by atoms with Gasteiger partial charge in [-0.15, -0.1) is 0 Å². The molecule has 0 aliphatic rings. The maximum atomic E-state index is 5.75. The molecule has 1 aromatic rings. The summed E-state index contributed by atoms with van der Waals surface area (Å²) >= 11 is 0. The van der Waals surface area contributed by atoms with E-state index in [9.17, 15) is 0 Å². The van der Waals surface area contributed by atoms with Crippen molar-refractivity contribution in [2.75, 3.05) is 0 Å². The van der Waals surface area contributed by atoms with Gasteiger partial charge in [-0.2, -0.15) is 0 Å². The molecule has 0 N–H and O–H groups in total. The Bertz CT molecular complexity index is 326. The van der Waals surface area contributed by atoms with E-state index in [2.05, 4.69) is 58.9 Å². The van der Waals surface area contributed by atoms with E-state index in [1.54, 1.807) is 0 Å². The SMILES string of the molecule is CC(C)O[SiH2]Cc1ccccc1C(C)(C)C. The van der Waals surface area contributed by atoms with Crippen LogP contribution in [0.4, 0.5) is 0 Å². The summed E-state index contributed by atoms with van der Waals surface area (Å²) in [6.07, 6.45) is 0.383. The van der Waals surface area contributed by atoms with Crippen molar-refractivity contribution < 1.29 is 4.43 Å². The van der Waals surface area contributed by atoms with Gasteiger partial charge in [0.2, 0.25) is 0 Å². The van der Waals surface area contributed by atoms with Crippen LogP contribution in [0, 0.1) is 0 Å². The molecule has 0 radical (unpaired) electrons. The number of hydrogen-bond acceptors (Lipinski definition) is 1. The average Bonchev–Trinajstić information content (AvgIpc) is 2.16. The van der Waals surface area contributed by atoms with Crippen LogP contribution in [0.5, 0.6) is 0 Å². The van der Waals surface area contributed by atoms with Crippen LogP contribution in [-0.4, -0.2) is 15.9 Å². The molecule has 1 rings (SSSR count). The highest BCUT2D eigenvalue weighted by Gasteiger charge is 2.16. The minimum Gasteiger partial charge on any atom is -0.421 e. The van der Waals surface area contributed by atoms with Crippen molar-refractivity contribution in [3.8, 4) is 0 Å². The number of benzene rings is 1. The summed E-state index contributed by atoms with van der Waals surface area (Å²) in [4.78, 5) is 0. The number of rotatable bonds is 4. The quantitative estimate of drug-likeness (QED) is 0.730. The van der Waals surface area contributed by atoms with Crippen molar-refractivity contribution in [1.29, 1.82) is 0 Å². The second-order valence-electron chi connectivity index (χ2n) is 5.58. The summed E-state index contributed by atoms with van der Waals surface area (Å²) in [5, 5.41) is 0. The molecule has 0 aliphatic carbocycles. The molecule has 0 saturated carbocycles. The van der Waals surface area contributed by atoms with Crippen molar-refractivity contribution in [2.24, 2.45) is 0 Å². The Kier molecular flexibility index (Phi) is 4.75. The van der Waals surface area contributed by atoms with E-state index in [4.69, 9.17) is 4.43 Å². The summed E-state index contributed by atoms with van der Waals surface area (Å²) < 4.78 is 5.75. The molecule has 2 heteroatoms. The van der Waals surface area contributed by atoms with Crippen LogP contribution >= 0.6 is 0 Å². The maximum Gasteiger partial charge on any atom is 0.166 e. The molecule has 0 saturated heterocycles. The van der Waals surface area contributed by atoms with Gasteiger partial charge in [0.25, 0.3) is 0 Å². The smallest absolute Gasteiger partial charge is 0.166 e. The van der Waals surface area contributed by atoms with Gasteiger partial charge in [-0.25, -0.2) is 0 Å². The van der Waals surface area contributed by atoms with Crippen LogP contribution in [0.1, 0.15) is 45.7 Å². The zero-order valence-electron chi connectivity index (χ0n) is 11.2. The second kappa shape index (κ2) is 5.64. The molecule has 0 atom stereocenters. The van der Waals surface area contributed by atoms with Gasteiger partial charge in [0, 0.05) is 6.10 Å². The van der Waals surface area contributed by atoms with Crippen LogP contribution in [0.2, 0.25) is 0 Å². The fourth-order valence-corrected chi connectivity index (χ4v) is 3.12. The van der Waals surface area contributed by atoms with Gasteiger partial charge < -0.3 is 4.43 Å². The van der Waals surface area contributed by atoms with Crippen molar-refractivity contribution in [1.82, 2.24) is 0 Å². The molecule has 90 valence electrons. The van der Waals surface area contributed by atoms with Crippen LogP contribution in [0.25, 0.3) is 0 Å². The average molecular weight is 236 g/mol. The molecule has 0 heterocycles. The Balaban J connectivity index is 2.72. The molecule has 0 amide bonds. The van der Waals surface area contributed by atoms with Gasteiger partial charge in [-0.3, -0.25) is 0 Å². The zero-order valence-corrected chi connectivity index (χ0v) is 12.6. The van der Waals surface area contributed by atoms with E-state index < -0.39 is 9.76 Å². The first-order valence-electron chi connectivity index (χ1n) is 6.11. The monoisotopic (exact) mass is 236 g/mol. The molecule has 0 fully saturated rings. The first-order chi connectivity index (χ1) is 7.41. The van der Waals surface area contributed by atoms with Gasteiger partial charge in [0.05, 0.1) is 0 Å². The van der Waals surface area contributed by atoms with Gasteiger partial charge >= 0.3 is 0 Å². The highest BCUT2D eigenvalue weighted by molar-refractivity contribution is 6.26. The van der Waals surface area contributed by atoms with E-state index in [0.717, 1.165) is 6.04 Å². The van der Waals surface area contributed by atoms with Gasteiger partial charge in [-0.1, -0.05) is 45.0 Å². The minimum atomic E-state index is -0.414. The lowest BCUT2D eigenvalue weighted by Gasteiger charge is -2.23. The molecule has 0 aliphatic heterocycles. The van der Waals surface area contributed by atoms with Crippen molar-refractivity contribution in [2.45, 2.75) is 52.2 Å². The van der Waals surface area contributed by atoms with Crippen LogP contribution < -0.4 is 0 Å². The lowest BCUT2D eigenvalue weighted by atomic mass is 9.84. The third-order valence-electron chi connectivity index (χ3n) is 2.65. The fraction of sp³-hybridized carbons (Fsp3) is 0.571. The summed E-state index contributed by atoms with van der Waals surface area (Å²) in [6.45, 7) is 11.1. The van der Waals surface area contributed by atoms with Crippen LogP contribution in [0.3, 0.4) is 0 Å². The van der Waals surface area contributed by atoms with Crippen molar-refractivity contribution in [3.05, 3.63) is 35.4 Å². The summed E-state index contributed by atoms with van der Waals surface area (Å²) in [7, 11) is -0.414. The maximum absolute atomic E-state index is 5.75. The lowest BCUT2D eigenvalue weighted by Crippen LogP contribution is -2.17. The van der Waals surface area contributed by atoms with Crippen molar-refractivity contribution in [3.63, 3.8) is 0 Å². The largest absolute Gasteiger partial charge is 0.421 e. The summed E-state index contributed by atoms with van der Waals surface area (Å²) in [6, 6.07) is 9.91. The number of hydrogen-bond donors (Lipinski definition) is 0. The van der Waals surface area contributed by atoms with E-state index in [0.29, 0.717) is 6.10 Å². The first-order valence-corrected chi connectivity index (χ1v) is 7.69. The minimum absolute atomic E-state index is 0.239. The Morgan fingerprint density at radius 3 is 2.38 bits per heavy atom. The summed E-state index contributed by atoms with van der Waals surface area (Å²) in [5.41, 5.74) is 3.18. The van der Waals surface area contributed by atoms with Crippen LogP contribution in [-0.2, 0) is 15.9 Å². The molecule has 16 heavy (non-hydrogen) atoms. The molecular formula is C14H24OSi. The van der Waals surface area contributed by atoms with E-state index in [1.165, 1.54) is 11.1 Å². The topological polar surface area (TPSA) is 9.23 Å². The normalized spacial score (nSPS) is 12.9. The van der Waals surface area contributed by atoms with Crippen LogP contribution in [0.15, 0.2) is 24.3 Å². The van der Waals surface area contributed by atoms with Gasteiger partial charge in [0.15, 0.2) is 9.76 Å². The fourth-order valence-electron chi connectivity index (χ4n) is 1.87. The van der Waals surface area contributed by atoms with Gasteiger partial charge in [-0.05, 0) is 36.4 Å². The van der Waals surface area contributed by atoms with E-state index in [1.807, 2.05) is 0 Å². The Labute approximate surface area is 102 Å². The molecule has 1 nitrogen and oxygen atoms in total. The zero-order chi connectivity index (χ0) is 12.2. The predicted octanol–water partition coefficient (Wildman–Crippen LogP) is 2.99. The highest BCUT2D eigenvalue weighted by atomic mass is 28.2. The Hall–Kier alpha value is -0.603. The molecule has 0 spiro atoms. The Morgan fingerprint density at radius 1 is 1.19 bits per heavy atom. The molecule has 0 bridgehead atoms. The second-order valence-corrected chi connectivity index (χ2v) is 6.82. The van der Waals surface area contributed by atoms with Gasteiger partial charge in [0.1, 0.15) is 0 Å². The van der Waals surface area contributed by atoms with E-state index in [-0.39, 0.29) is 5.41 Å². The Morgan fingerprint density at radius 2 is 1.81 bits per heavy atom. The third kappa shape index (κ3) is 4.10. The highest BCUT2D eigenvalue weighted by Crippen LogP contribution is 2.25. The molecular weight excluding hydrogens is 212 g/mol. The first kappa shape index (κ1) is 13.5. The predicted molar refractivity (Wildman–Crippen MR) is 73.6 cm³/mol. The van der Waals surface area contributed by atoms with E-state index >= 15 is 0 Å².